The van der Waals surface area contributed by atoms with Crippen LogP contribution in [0.25, 0.3) is 0 Å². The Balaban J connectivity index is 0.000000174. The quantitative estimate of drug-likeness (QED) is 0.716. The zero-order valence-electron chi connectivity index (χ0n) is 14.8. The molecule has 2 aliphatic carbocycles. The molecule has 0 amide bonds. The van der Waals surface area contributed by atoms with Crippen molar-refractivity contribution in [2.24, 2.45) is 0 Å². The monoisotopic (exact) mass is 325 g/mol. The van der Waals surface area contributed by atoms with E-state index in [-0.39, 0.29) is 6.10 Å². The molecule has 23 heavy (non-hydrogen) atoms. The summed E-state index contributed by atoms with van der Waals surface area (Å²) < 4.78 is 4.88. The number of carboxylic acid groups (broad SMARTS) is 1. The van der Waals surface area contributed by atoms with Crippen LogP contribution in [-0.2, 0) is 9.53 Å². The molecule has 1 saturated heterocycles. The predicted molar refractivity (Wildman–Crippen MR) is 92.7 cm³/mol. The van der Waals surface area contributed by atoms with Crippen molar-refractivity contribution in [3.8, 4) is 0 Å². The van der Waals surface area contributed by atoms with E-state index in [4.69, 9.17) is 9.84 Å². The maximum absolute atomic E-state index is 10.2. The molecular formula is C19H35NO3. The van der Waals surface area contributed by atoms with Gasteiger partial charge in [-0.1, -0.05) is 58.3 Å². The van der Waals surface area contributed by atoms with Crippen LogP contribution < -0.4 is 5.32 Å². The third kappa shape index (κ3) is 7.21. The van der Waals surface area contributed by atoms with E-state index >= 15 is 0 Å². The molecule has 3 rings (SSSR count). The largest absolute Gasteiger partial charge is 0.479 e. The molecule has 4 nitrogen and oxygen atoms in total. The second-order valence-corrected chi connectivity index (χ2v) is 7.41. The topological polar surface area (TPSA) is 61.9 Å². The molecule has 2 atom stereocenters. The first-order valence-electron chi connectivity index (χ1n) is 9.85. The lowest BCUT2D eigenvalue weighted by atomic mass is 9.91. The number of carboxylic acids is 1. The van der Waals surface area contributed by atoms with Crippen LogP contribution in [-0.4, -0.2) is 35.4 Å². The Hall–Kier alpha value is -0.610. The summed E-state index contributed by atoms with van der Waals surface area (Å²) in [5, 5.41) is 12.3. The summed E-state index contributed by atoms with van der Waals surface area (Å²) in [6, 6.07) is 1.74. The molecule has 0 radical (unpaired) electrons. The van der Waals surface area contributed by atoms with Crippen molar-refractivity contribution in [3.05, 3.63) is 0 Å². The SMILES string of the molecule is C1CCC(NC2CCCCC2)CC1.CCCCC1O[C@@H]1C(=O)O. The van der Waals surface area contributed by atoms with E-state index in [0.717, 1.165) is 31.3 Å². The van der Waals surface area contributed by atoms with Crippen molar-refractivity contribution < 1.29 is 14.6 Å². The van der Waals surface area contributed by atoms with Gasteiger partial charge in [0.15, 0.2) is 6.10 Å². The summed E-state index contributed by atoms with van der Waals surface area (Å²) in [7, 11) is 0. The van der Waals surface area contributed by atoms with Crippen LogP contribution in [0, 0.1) is 0 Å². The second-order valence-electron chi connectivity index (χ2n) is 7.41. The highest BCUT2D eigenvalue weighted by Crippen LogP contribution is 2.27. The van der Waals surface area contributed by atoms with E-state index in [2.05, 4.69) is 12.2 Å². The van der Waals surface area contributed by atoms with E-state index < -0.39 is 12.1 Å². The van der Waals surface area contributed by atoms with Crippen LogP contribution in [0.5, 0.6) is 0 Å². The standard InChI is InChI=1S/C12H23N.C7H12O3/c1-3-7-11(8-4-1)13-12-9-5-2-6-10-12;1-2-3-4-5-6(10-5)7(8)9/h11-13H,1-10H2;5-6H,2-4H2,1H3,(H,8,9)/t;5?,6-/m.0/s1. The minimum atomic E-state index is -0.818. The maximum Gasteiger partial charge on any atom is 0.335 e. The number of nitrogens with one attached hydrogen (secondary N) is 1. The van der Waals surface area contributed by atoms with E-state index in [1.54, 1.807) is 0 Å². The van der Waals surface area contributed by atoms with Gasteiger partial charge in [-0.25, -0.2) is 4.79 Å². The van der Waals surface area contributed by atoms with Gasteiger partial charge in [-0.2, -0.15) is 0 Å². The van der Waals surface area contributed by atoms with Gasteiger partial charge in [0.25, 0.3) is 0 Å². The lowest BCUT2D eigenvalue weighted by molar-refractivity contribution is -0.138. The van der Waals surface area contributed by atoms with Gasteiger partial charge in [0, 0.05) is 12.1 Å². The first kappa shape index (κ1) is 18.7. The van der Waals surface area contributed by atoms with Gasteiger partial charge >= 0.3 is 5.97 Å². The Morgan fingerprint density at radius 3 is 1.91 bits per heavy atom. The first-order valence-corrected chi connectivity index (χ1v) is 9.85. The Morgan fingerprint density at radius 2 is 1.52 bits per heavy atom. The van der Waals surface area contributed by atoms with Gasteiger partial charge in [0.2, 0.25) is 0 Å². The number of epoxide rings is 1. The van der Waals surface area contributed by atoms with Crippen LogP contribution in [0.4, 0.5) is 0 Å². The average molecular weight is 325 g/mol. The van der Waals surface area contributed by atoms with Gasteiger partial charge in [0.05, 0.1) is 6.10 Å². The molecule has 2 saturated carbocycles. The first-order chi connectivity index (χ1) is 11.2. The summed E-state index contributed by atoms with van der Waals surface area (Å²) in [6.45, 7) is 2.08. The van der Waals surface area contributed by atoms with Crippen molar-refractivity contribution >= 4 is 5.97 Å². The molecule has 1 heterocycles. The predicted octanol–water partition coefficient (Wildman–Crippen LogP) is 4.27. The molecule has 3 fully saturated rings. The van der Waals surface area contributed by atoms with Gasteiger partial charge in [0.1, 0.15) is 0 Å². The fourth-order valence-electron chi connectivity index (χ4n) is 3.86. The summed E-state index contributed by atoms with van der Waals surface area (Å²) in [5.74, 6) is -0.818. The molecule has 4 heteroatoms. The number of hydrogen-bond acceptors (Lipinski definition) is 3. The molecule has 2 N–H and O–H groups in total. The van der Waals surface area contributed by atoms with E-state index in [1.165, 1.54) is 64.2 Å². The zero-order valence-corrected chi connectivity index (χ0v) is 14.8. The second kappa shape index (κ2) is 10.3. The molecule has 0 spiro atoms. The Morgan fingerprint density at radius 1 is 1.00 bits per heavy atom. The highest BCUT2D eigenvalue weighted by molar-refractivity contribution is 5.75. The minimum Gasteiger partial charge on any atom is -0.479 e. The van der Waals surface area contributed by atoms with Crippen molar-refractivity contribution in [2.45, 2.75) is 115 Å². The highest BCUT2D eigenvalue weighted by Gasteiger charge is 2.44. The van der Waals surface area contributed by atoms with E-state index in [9.17, 15) is 4.79 Å². The third-order valence-corrected chi connectivity index (χ3v) is 5.35. The number of aliphatic carboxylic acids is 1. The van der Waals surface area contributed by atoms with Crippen molar-refractivity contribution in [1.29, 1.82) is 0 Å². The van der Waals surface area contributed by atoms with Gasteiger partial charge < -0.3 is 15.2 Å². The van der Waals surface area contributed by atoms with Crippen LogP contribution in [0.1, 0.15) is 90.4 Å². The molecule has 0 aromatic rings. The molecule has 0 aromatic heterocycles. The number of rotatable bonds is 6. The Kier molecular flexibility index (Phi) is 8.38. The molecular weight excluding hydrogens is 290 g/mol. The molecule has 0 bridgehead atoms. The fraction of sp³-hybridized carbons (Fsp3) is 0.947. The van der Waals surface area contributed by atoms with E-state index in [0.29, 0.717) is 0 Å². The fourth-order valence-corrected chi connectivity index (χ4v) is 3.86. The third-order valence-electron chi connectivity index (χ3n) is 5.35. The lowest BCUT2D eigenvalue weighted by Gasteiger charge is -2.30. The molecule has 134 valence electrons. The molecule has 0 aromatic carbocycles. The number of ether oxygens (including phenoxy) is 1. The summed E-state index contributed by atoms with van der Waals surface area (Å²) in [4.78, 5) is 10.2. The zero-order chi connectivity index (χ0) is 16.5. The number of hydrogen-bond donors (Lipinski definition) is 2. The summed E-state index contributed by atoms with van der Waals surface area (Å²) in [6.07, 6.45) is 17.1. The van der Waals surface area contributed by atoms with Crippen LogP contribution in [0.3, 0.4) is 0 Å². The van der Waals surface area contributed by atoms with Gasteiger partial charge in [-0.05, 0) is 32.1 Å². The molecule has 1 aliphatic heterocycles. The smallest absolute Gasteiger partial charge is 0.335 e. The van der Waals surface area contributed by atoms with Crippen molar-refractivity contribution in [2.75, 3.05) is 0 Å². The molecule has 3 aliphatic rings. The minimum absolute atomic E-state index is 0.0115. The van der Waals surface area contributed by atoms with E-state index in [1.807, 2.05) is 0 Å². The van der Waals surface area contributed by atoms with Crippen LogP contribution in [0.2, 0.25) is 0 Å². The van der Waals surface area contributed by atoms with Gasteiger partial charge in [-0.3, -0.25) is 0 Å². The lowest BCUT2D eigenvalue weighted by Crippen LogP contribution is -2.40. The highest BCUT2D eigenvalue weighted by atomic mass is 16.6. The van der Waals surface area contributed by atoms with Crippen molar-refractivity contribution in [3.63, 3.8) is 0 Å². The summed E-state index contributed by atoms with van der Waals surface area (Å²) >= 11 is 0. The Bertz CT molecular complexity index is 320. The number of unbranched alkanes of at least 4 members (excludes halogenated alkanes) is 1. The maximum atomic E-state index is 10.2. The summed E-state index contributed by atoms with van der Waals surface area (Å²) in [5.41, 5.74) is 0. The molecule has 1 unspecified atom stereocenters. The normalized spacial score (nSPS) is 28.7. The van der Waals surface area contributed by atoms with Crippen LogP contribution >= 0.6 is 0 Å². The van der Waals surface area contributed by atoms with Gasteiger partial charge in [-0.15, -0.1) is 0 Å². The Labute approximate surface area is 141 Å². The van der Waals surface area contributed by atoms with Crippen LogP contribution in [0.15, 0.2) is 0 Å². The number of carbonyl (C=O) groups is 1. The van der Waals surface area contributed by atoms with Crippen molar-refractivity contribution in [1.82, 2.24) is 5.32 Å². The average Bonchev–Trinajstić information content (AvgIpc) is 3.35.